The zero-order chi connectivity index (χ0) is 17.7. The van der Waals surface area contributed by atoms with E-state index in [1.54, 1.807) is 0 Å². The fraction of sp³-hybridized carbons (Fsp3) is 0.0625. The van der Waals surface area contributed by atoms with Crippen LogP contribution in [0.25, 0.3) is 0 Å². The second-order valence-electron chi connectivity index (χ2n) is 4.78. The van der Waals surface area contributed by atoms with E-state index >= 15 is 0 Å². The minimum Gasteiger partial charge on any atom is -0.478 e. The highest BCUT2D eigenvalue weighted by Crippen LogP contribution is 2.31. The number of carboxylic acid groups (broad SMARTS) is 1. The highest BCUT2D eigenvalue weighted by atomic mass is 35.5. The minimum absolute atomic E-state index is 0.0165. The predicted molar refractivity (Wildman–Crippen MR) is 97.9 cm³/mol. The largest absolute Gasteiger partial charge is 0.478 e. The van der Waals surface area contributed by atoms with Crippen LogP contribution in [-0.4, -0.2) is 22.1 Å². The number of hydrogen-bond donors (Lipinski definition) is 3. The lowest BCUT2D eigenvalue weighted by atomic mass is 10.1. The summed E-state index contributed by atoms with van der Waals surface area (Å²) in [6.45, 7) is 0. The van der Waals surface area contributed by atoms with Crippen molar-refractivity contribution in [2.45, 2.75) is 6.42 Å². The normalized spacial score (nSPS) is 10.1. The molecule has 0 atom stereocenters. The number of halogens is 2. The standard InChI is InChI=1S/C16H12Cl2N2O3S/c17-11-7-10(15(22)23)8-12(18)14(11)20-16(24)19-13(21)6-9-4-2-1-3-5-9/h1-5,7-8H,6H2,(H,22,23)(H2,19,20,21,24). The van der Waals surface area contributed by atoms with Crippen molar-refractivity contribution < 1.29 is 14.7 Å². The number of hydrogen-bond acceptors (Lipinski definition) is 3. The van der Waals surface area contributed by atoms with E-state index in [0.717, 1.165) is 5.56 Å². The fourth-order valence-electron chi connectivity index (χ4n) is 1.91. The van der Waals surface area contributed by atoms with Gasteiger partial charge in [-0.1, -0.05) is 53.5 Å². The maximum Gasteiger partial charge on any atom is 0.335 e. The smallest absolute Gasteiger partial charge is 0.335 e. The topological polar surface area (TPSA) is 78.4 Å². The Labute approximate surface area is 153 Å². The molecule has 0 saturated carbocycles. The van der Waals surface area contributed by atoms with Crippen molar-refractivity contribution in [3.63, 3.8) is 0 Å². The van der Waals surface area contributed by atoms with Gasteiger partial charge in [0.2, 0.25) is 5.91 Å². The minimum atomic E-state index is -1.15. The number of carbonyl (C=O) groups is 2. The molecule has 0 fully saturated rings. The van der Waals surface area contributed by atoms with Gasteiger partial charge in [0.25, 0.3) is 0 Å². The number of carboxylic acids is 1. The van der Waals surface area contributed by atoms with E-state index in [9.17, 15) is 9.59 Å². The third-order valence-electron chi connectivity index (χ3n) is 2.99. The fourth-order valence-corrected chi connectivity index (χ4v) is 2.71. The summed E-state index contributed by atoms with van der Waals surface area (Å²) in [7, 11) is 0. The monoisotopic (exact) mass is 382 g/mol. The molecular formula is C16H12Cl2N2O3S. The highest BCUT2D eigenvalue weighted by molar-refractivity contribution is 7.80. The Kier molecular flexibility index (Phi) is 6.14. The molecule has 124 valence electrons. The molecule has 0 aliphatic carbocycles. The molecule has 5 nitrogen and oxygen atoms in total. The molecule has 2 aromatic rings. The molecule has 0 bridgehead atoms. The SMILES string of the molecule is O=C(Cc1ccccc1)NC(=S)Nc1c(Cl)cc(C(=O)O)cc1Cl. The Hall–Kier alpha value is -2.15. The van der Waals surface area contributed by atoms with E-state index < -0.39 is 5.97 Å². The van der Waals surface area contributed by atoms with Crippen molar-refractivity contribution in [3.05, 3.63) is 63.6 Å². The van der Waals surface area contributed by atoms with Crippen LogP contribution in [0.1, 0.15) is 15.9 Å². The zero-order valence-electron chi connectivity index (χ0n) is 12.2. The maximum absolute atomic E-state index is 11.9. The first-order valence-electron chi connectivity index (χ1n) is 6.74. The van der Waals surface area contributed by atoms with Crippen molar-refractivity contribution in [1.82, 2.24) is 5.32 Å². The molecule has 0 aromatic heterocycles. The number of rotatable bonds is 4. The molecule has 2 rings (SSSR count). The Morgan fingerprint density at radius 2 is 1.67 bits per heavy atom. The van der Waals surface area contributed by atoms with Crippen molar-refractivity contribution in [2.75, 3.05) is 5.32 Å². The average Bonchev–Trinajstić information content (AvgIpc) is 2.51. The predicted octanol–water partition coefficient (Wildman–Crippen LogP) is 3.75. The van der Waals surface area contributed by atoms with Gasteiger partial charge in [-0.05, 0) is 29.9 Å². The zero-order valence-corrected chi connectivity index (χ0v) is 14.5. The van der Waals surface area contributed by atoms with E-state index in [1.165, 1.54) is 12.1 Å². The van der Waals surface area contributed by atoms with E-state index in [1.807, 2.05) is 30.3 Å². The van der Waals surface area contributed by atoms with Gasteiger partial charge in [0.15, 0.2) is 5.11 Å². The first-order chi connectivity index (χ1) is 11.4. The van der Waals surface area contributed by atoms with Crippen molar-refractivity contribution in [3.8, 4) is 0 Å². The molecule has 2 aromatic carbocycles. The van der Waals surface area contributed by atoms with Gasteiger partial charge in [-0.2, -0.15) is 0 Å². The van der Waals surface area contributed by atoms with E-state index in [4.69, 9.17) is 40.5 Å². The molecule has 0 radical (unpaired) electrons. The first-order valence-corrected chi connectivity index (χ1v) is 7.90. The van der Waals surface area contributed by atoms with Crippen LogP contribution in [0.15, 0.2) is 42.5 Å². The molecule has 24 heavy (non-hydrogen) atoms. The summed E-state index contributed by atoms with van der Waals surface area (Å²) in [5, 5.41) is 14.3. The summed E-state index contributed by atoms with van der Waals surface area (Å²) < 4.78 is 0. The van der Waals surface area contributed by atoms with E-state index in [2.05, 4.69) is 10.6 Å². The van der Waals surface area contributed by atoms with E-state index in [0.29, 0.717) is 0 Å². The molecule has 8 heteroatoms. The number of nitrogens with one attached hydrogen (secondary N) is 2. The van der Waals surface area contributed by atoms with Gasteiger partial charge >= 0.3 is 5.97 Å². The average molecular weight is 383 g/mol. The molecular weight excluding hydrogens is 371 g/mol. The van der Waals surface area contributed by atoms with Crippen molar-refractivity contribution >= 4 is 58.1 Å². The van der Waals surface area contributed by atoms with Crippen LogP contribution in [0.4, 0.5) is 5.69 Å². The summed E-state index contributed by atoms with van der Waals surface area (Å²) in [6.07, 6.45) is 0.169. The highest BCUT2D eigenvalue weighted by Gasteiger charge is 2.14. The number of amides is 1. The Balaban J connectivity index is 2.02. The molecule has 0 heterocycles. The van der Waals surface area contributed by atoms with Crippen LogP contribution in [-0.2, 0) is 11.2 Å². The van der Waals surface area contributed by atoms with Crippen LogP contribution in [0.2, 0.25) is 10.0 Å². The lowest BCUT2D eigenvalue weighted by Gasteiger charge is -2.13. The molecule has 0 unspecified atom stereocenters. The van der Waals surface area contributed by atoms with Crippen LogP contribution in [0.5, 0.6) is 0 Å². The van der Waals surface area contributed by atoms with Crippen LogP contribution >= 0.6 is 35.4 Å². The van der Waals surface area contributed by atoms with Gasteiger partial charge in [-0.25, -0.2) is 4.79 Å². The van der Waals surface area contributed by atoms with Crippen LogP contribution in [0, 0.1) is 0 Å². The first kappa shape index (κ1) is 18.2. The van der Waals surface area contributed by atoms with Crippen LogP contribution in [0.3, 0.4) is 0 Å². The summed E-state index contributed by atoms with van der Waals surface area (Å²) >= 11 is 17.1. The van der Waals surface area contributed by atoms with Gasteiger partial charge in [0, 0.05) is 0 Å². The number of anilines is 1. The molecule has 0 saturated heterocycles. The Morgan fingerprint density at radius 1 is 1.08 bits per heavy atom. The maximum atomic E-state index is 11.9. The second-order valence-corrected chi connectivity index (χ2v) is 6.01. The quantitative estimate of drug-likeness (QED) is 0.701. The summed E-state index contributed by atoms with van der Waals surface area (Å²) in [6, 6.07) is 11.7. The molecule has 1 amide bonds. The summed E-state index contributed by atoms with van der Waals surface area (Å²) in [5.74, 6) is -1.45. The lowest BCUT2D eigenvalue weighted by molar-refractivity contribution is -0.119. The van der Waals surface area contributed by atoms with Gasteiger partial charge < -0.3 is 15.7 Å². The number of thiocarbonyl (C=S) groups is 1. The molecule has 0 aliphatic heterocycles. The second kappa shape index (κ2) is 8.10. The molecule has 0 spiro atoms. The number of benzene rings is 2. The summed E-state index contributed by atoms with van der Waals surface area (Å²) in [5.41, 5.74) is 1.03. The van der Waals surface area contributed by atoms with Gasteiger partial charge in [-0.15, -0.1) is 0 Å². The summed E-state index contributed by atoms with van der Waals surface area (Å²) in [4.78, 5) is 22.9. The number of carbonyl (C=O) groups excluding carboxylic acids is 1. The molecule has 0 aliphatic rings. The van der Waals surface area contributed by atoms with Gasteiger partial charge in [0.05, 0.1) is 27.7 Å². The van der Waals surface area contributed by atoms with E-state index in [-0.39, 0.29) is 38.7 Å². The third-order valence-corrected chi connectivity index (χ3v) is 3.79. The van der Waals surface area contributed by atoms with Crippen molar-refractivity contribution in [1.29, 1.82) is 0 Å². The van der Waals surface area contributed by atoms with Gasteiger partial charge in [-0.3, -0.25) is 4.79 Å². The number of aromatic carboxylic acids is 1. The third kappa shape index (κ3) is 4.92. The lowest BCUT2D eigenvalue weighted by Crippen LogP contribution is -2.35. The Morgan fingerprint density at radius 3 is 2.21 bits per heavy atom. The van der Waals surface area contributed by atoms with Crippen LogP contribution < -0.4 is 10.6 Å². The molecule has 3 N–H and O–H groups in total. The van der Waals surface area contributed by atoms with Crippen molar-refractivity contribution in [2.24, 2.45) is 0 Å². The van der Waals surface area contributed by atoms with Gasteiger partial charge in [0.1, 0.15) is 0 Å². The Bertz CT molecular complexity index is 774.